The molecule has 3 rings (SSSR count). The van der Waals surface area contributed by atoms with Gasteiger partial charge < -0.3 is 5.32 Å². The molecule has 0 aliphatic carbocycles. The fraction of sp³-hybridized carbons (Fsp3) is 0.500. The Kier molecular flexibility index (Phi) is 4.00. The van der Waals surface area contributed by atoms with E-state index in [0.717, 1.165) is 12.8 Å². The highest BCUT2D eigenvalue weighted by molar-refractivity contribution is 5.55. The number of nitrogens with zero attached hydrogens (tertiary/aromatic N) is 2. The van der Waals surface area contributed by atoms with Crippen LogP contribution in [0.25, 0.3) is 0 Å². The number of nitrogens with one attached hydrogen (secondary N) is 1. The lowest BCUT2D eigenvalue weighted by Gasteiger charge is -2.31. The SMILES string of the molecule is CCC(C)n1ccc(CC2CC(C)Nc3ccccc32)n1. The molecule has 112 valence electrons. The van der Waals surface area contributed by atoms with Crippen LogP contribution in [0.1, 0.15) is 56.8 Å². The van der Waals surface area contributed by atoms with Gasteiger partial charge in [0.1, 0.15) is 0 Å². The second-order valence-electron chi connectivity index (χ2n) is 6.31. The van der Waals surface area contributed by atoms with Crippen LogP contribution in [0.4, 0.5) is 5.69 Å². The van der Waals surface area contributed by atoms with Crippen LogP contribution in [0.15, 0.2) is 36.5 Å². The van der Waals surface area contributed by atoms with Gasteiger partial charge in [-0.05, 0) is 56.7 Å². The third-order valence-electron chi connectivity index (χ3n) is 4.60. The van der Waals surface area contributed by atoms with Crippen molar-refractivity contribution in [2.45, 2.75) is 58.0 Å². The molecule has 3 atom stereocenters. The Bertz CT molecular complexity index is 602. The van der Waals surface area contributed by atoms with Gasteiger partial charge in [0, 0.05) is 24.0 Å². The Balaban J connectivity index is 1.80. The summed E-state index contributed by atoms with van der Waals surface area (Å²) >= 11 is 0. The molecule has 2 aromatic rings. The zero-order valence-corrected chi connectivity index (χ0v) is 13.2. The zero-order valence-electron chi connectivity index (χ0n) is 13.2. The van der Waals surface area contributed by atoms with E-state index in [9.17, 15) is 0 Å². The fourth-order valence-electron chi connectivity index (χ4n) is 3.23. The smallest absolute Gasteiger partial charge is 0.0630 e. The van der Waals surface area contributed by atoms with E-state index in [2.05, 4.69) is 67.3 Å². The van der Waals surface area contributed by atoms with Crippen molar-refractivity contribution in [3.8, 4) is 0 Å². The Morgan fingerprint density at radius 3 is 2.95 bits per heavy atom. The van der Waals surface area contributed by atoms with E-state index in [1.165, 1.54) is 23.4 Å². The van der Waals surface area contributed by atoms with Crippen LogP contribution in [0.2, 0.25) is 0 Å². The summed E-state index contributed by atoms with van der Waals surface area (Å²) in [5.74, 6) is 0.567. The minimum absolute atomic E-state index is 0.484. The lowest BCUT2D eigenvalue weighted by atomic mass is 9.84. The van der Waals surface area contributed by atoms with E-state index in [0.29, 0.717) is 18.0 Å². The molecule has 0 amide bonds. The molecule has 3 nitrogen and oxygen atoms in total. The van der Waals surface area contributed by atoms with E-state index in [1.54, 1.807) is 0 Å². The minimum Gasteiger partial charge on any atom is -0.382 e. The van der Waals surface area contributed by atoms with Gasteiger partial charge in [-0.3, -0.25) is 4.68 Å². The fourth-order valence-corrected chi connectivity index (χ4v) is 3.23. The highest BCUT2D eigenvalue weighted by Crippen LogP contribution is 2.35. The Morgan fingerprint density at radius 2 is 2.14 bits per heavy atom. The molecule has 2 heterocycles. The first-order chi connectivity index (χ1) is 10.2. The summed E-state index contributed by atoms with van der Waals surface area (Å²) in [6, 6.07) is 11.9. The van der Waals surface area contributed by atoms with Crippen LogP contribution in [-0.4, -0.2) is 15.8 Å². The topological polar surface area (TPSA) is 29.9 Å². The number of benzene rings is 1. The van der Waals surface area contributed by atoms with Crippen molar-refractivity contribution < 1.29 is 0 Å². The van der Waals surface area contributed by atoms with Gasteiger partial charge in [0.15, 0.2) is 0 Å². The third-order valence-corrected chi connectivity index (χ3v) is 4.60. The van der Waals surface area contributed by atoms with Gasteiger partial charge in [-0.1, -0.05) is 25.1 Å². The van der Waals surface area contributed by atoms with Gasteiger partial charge in [-0.15, -0.1) is 0 Å². The third kappa shape index (κ3) is 2.97. The van der Waals surface area contributed by atoms with Crippen LogP contribution < -0.4 is 5.32 Å². The molecule has 3 unspecified atom stereocenters. The van der Waals surface area contributed by atoms with Gasteiger partial charge >= 0.3 is 0 Å². The Morgan fingerprint density at radius 1 is 1.33 bits per heavy atom. The van der Waals surface area contributed by atoms with E-state index >= 15 is 0 Å². The van der Waals surface area contributed by atoms with Crippen molar-refractivity contribution in [2.24, 2.45) is 0 Å². The van der Waals surface area contributed by atoms with Crippen LogP contribution >= 0.6 is 0 Å². The normalized spacial score (nSPS) is 22.4. The van der Waals surface area contributed by atoms with Crippen molar-refractivity contribution in [3.63, 3.8) is 0 Å². The van der Waals surface area contributed by atoms with Gasteiger partial charge in [0.05, 0.1) is 5.69 Å². The summed E-state index contributed by atoms with van der Waals surface area (Å²) in [6.45, 7) is 6.69. The first kappa shape index (κ1) is 14.2. The molecule has 21 heavy (non-hydrogen) atoms. The molecular weight excluding hydrogens is 258 g/mol. The molecule has 1 aliphatic rings. The average Bonchev–Trinajstić information content (AvgIpc) is 2.95. The minimum atomic E-state index is 0.484. The number of hydrogen-bond donors (Lipinski definition) is 1. The first-order valence-corrected chi connectivity index (χ1v) is 8.07. The number of aromatic nitrogens is 2. The molecular formula is C18H25N3. The van der Waals surface area contributed by atoms with Gasteiger partial charge in [-0.2, -0.15) is 5.10 Å². The highest BCUT2D eigenvalue weighted by Gasteiger charge is 2.24. The molecule has 0 saturated carbocycles. The van der Waals surface area contributed by atoms with Crippen molar-refractivity contribution in [1.29, 1.82) is 0 Å². The van der Waals surface area contributed by atoms with Crippen LogP contribution in [0.3, 0.4) is 0 Å². The summed E-state index contributed by atoms with van der Waals surface area (Å²) in [6.07, 6.45) is 5.45. The largest absolute Gasteiger partial charge is 0.382 e. The van der Waals surface area contributed by atoms with Crippen molar-refractivity contribution >= 4 is 5.69 Å². The predicted octanol–water partition coefficient (Wildman–Crippen LogP) is 4.38. The highest BCUT2D eigenvalue weighted by atomic mass is 15.3. The van der Waals surface area contributed by atoms with Crippen molar-refractivity contribution in [3.05, 3.63) is 47.8 Å². The number of rotatable bonds is 4. The van der Waals surface area contributed by atoms with Crippen LogP contribution in [0, 0.1) is 0 Å². The number of fused-ring (bicyclic) bond motifs is 1. The average molecular weight is 283 g/mol. The lowest BCUT2D eigenvalue weighted by molar-refractivity contribution is 0.468. The molecule has 1 N–H and O–H groups in total. The second kappa shape index (κ2) is 5.92. The number of anilines is 1. The summed E-state index contributed by atoms with van der Waals surface area (Å²) < 4.78 is 2.10. The summed E-state index contributed by atoms with van der Waals surface area (Å²) in [5, 5.41) is 8.35. The summed E-state index contributed by atoms with van der Waals surface area (Å²) in [7, 11) is 0. The predicted molar refractivity (Wildman–Crippen MR) is 87.8 cm³/mol. The van der Waals surface area contributed by atoms with Gasteiger partial charge in [0.25, 0.3) is 0 Å². The lowest BCUT2D eigenvalue weighted by Crippen LogP contribution is -2.26. The standard InChI is InChI=1S/C18H25N3/c1-4-14(3)21-10-9-16(20-21)12-15-11-13(2)19-18-8-6-5-7-17(15)18/h5-10,13-15,19H,4,11-12H2,1-3H3. The molecule has 0 radical (unpaired) electrons. The van der Waals surface area contributed by atoms with Crippen LogP contribution in [-0.2, 0) is 6.42 Å². The summed E-state index contributed by atoms with van der Waals surface area (Å²) in [5.41, 5.74) is 3.94. The zero-order chi connectivity index (χ0) is 14.8. The maximum atomic E-state index is 4.77. The summed E-state index contributed by atoms with van der Waals surface area (Å²) in [4.78, 5) is 0. The van der Waals surface area contributed by atoms with E-state index < -0.39 is 0 Å². The maximum absolute atomic E-state index is 4.77. The molecule has 0 bridgehead atoms. The molecule has 3 heteroatoms. The van der Waals surface area contributed by atoms with Crippen LogP contribution in [0.5, 0.6) is 0 Å². The van der Waals surface area contributed by atoms with E-state index in [4.69, 9.17) is 5.10 Å². The van der Waals surface area contributed by atoms with Gasteiger partial charge in [-0.25, -0.2) is 0 Å². The first-order valence-electron chi connectivity index (χ1n) is 8.07. The monoisotopic (exact) mass is 283 g/mol. The second-order valence-corrected chi connectivity index (χ2v) is 6.31. The van der Waals surface area contributed by atoms with Gasteiger partial charge in [0.2, 0.25) is 0 Å². The van der Waals surface area contributed by atoms with E-state index in [-0.39, 0.29) is 0 Å². The van der Waals surface area contributed by atoms with Crippen molar-refractivity contribution in [1.82, 2.24) is 9.78 Å². The molecule has 0 spiro atoms. The molecule has 1 aliphatic heterocycles. The number of para-hydroxylation sites is 1. The molecule has 0 fully saturated rings. The maximum Gasteiger partial charge on any atom is 0.0630 e. The van der Waals surface area contributed by atoms with E-state index in [1.807, 2.05) is 0 Å². The molecule has 1 aromatic heterocycles. The molecule has 1 aromatic carbocycles. The quantitative estimate of drug-likeness (QED) is 0.902. The van der Waals surface area contributed by atoms with Crippen molar-refractivity contribution in [2.75, 3.05) is 5.32 Å². The molecule has 0 saturated heterocycles. The number of hydrogen-bond acceptors (Lipinski definition) is 2. The Hall–Kier alpha value is -1.77. The Labute approximate surface area is 127 Å².